The largest absolute Gasteiger partial charge is 0.466 e. The molecule has 0 spiro atoms. The zero-order valence-electron chi connectivity index (χ0n) is 10.8. The molecule has 0 aliphatic heterocycles. The summed E-state index contributed by atoms with van der Waals surface area (Å²) in [6.45, 7) is 5.92. The SMILES string of the molecule is C=CC[C@H](C/C=C/c1ccccc1)C(=O)OCC. The number of rotatable bonds is 7. The van der Waals surface area contributed by atoms with E-state index in [4.69, 9.17) is 4.74 Å². The van der Waals surface area contributed by atoms with Crippen molar-refractivity contribution in [2.75, 3.05) is 6.61 Å². The third kappa shape index (κ3) is 5.00. The first kappa shape index (κ1) is 14.2. The predicted octanol–water partition coefficient (Wildman–Crippen LogP) is 3.85. The molecule has 0 aromatic heterocycles. The second kappa shape index (κ2) is 8.29. The van der Waals surface area contributed by atoms with E-state index >= 15 is 0 Å². The zero-order valence-corrected chi connectivity index (χ0v) is 10.8. The Morgan fingerprint density at radius 1 is 1.33 bits per heavy atom. The number of hydrogen-bond donors (Lipinski definition) is 0. The highest BCUT2D eigenvalue weighted by Gasteiger charge is 2.16. The van der Waals surface area contributed by atoms with Gasteiger partial charge in [0.15, 0.2) is 0 Å². The number of allylic oxidation sites excluding steroid dienone is 2. The molecular weight excluding hydrogens is 224 g/mol. The van der Waals surface area contributed by atoms with Gasteiger partial charge in [-0.25, -0.2) is 0 Å². The second-order valence-corrected chi connectivity index (χ2v) is 4.02. The molecule has 0 saturated carbocycles. The topological polar surface area (TPSA) is 26.3 Å². The molecule has 0 saturated heterocycles. The maximum absolute atomic E-state index is 11.7. The molecule has 0 radical (unpaired) electrons. The number of ether oxygens (including phenoxy) is 1. The molecule has 96 valence electrons. The van der Waals surface area contributed by atoms with Gasteiger partial charge < -0.3 is 4.74 Å². The molecule has 1 atom stereocenters. The van der Waals surface area contributed by atoms with E-state index in [1.54, 1.807) is 6.08 Å². The van der Waals surface area contributed by atoms with Crippen molar-refractivity contribution in [3.63, 3.8) is 0 Å². The molecule has 18 heavy (non-hydrogen) atoms. The molecule has 0 fully saturated rings. The minimum absolute atomic E-state index is 0.123. The van der Waals surface area contributed by atoms with Gasteiger partial charge in [-0.3, -0.25) is 4.79 Å². The highest BCUT2D eigenvalue weighted by molar-refractivity contribution is 5.73. The average Bonchev–Trinajstić information content (AvgIpc) is 2.39. The van der Waals surface area contributed by atoms with Crippen molar-refractivity contribution in [2.45, 2.75) is 19.8 Å². The maximum Gasteiger partial charge on any atom is 0.309 e. The van der Waals surface area contributed by atoms with Crippen LogP contribution in [0.25, 0.3) is 6.08 Å². The van der Waals surface area contributed by atoms with E-state index < -0.39 is 0 Å². The van der Waals surface area contributed by atoms with Gasteiger partial charge in [0.05, 0.1) is 12.5 Å². The highest BCUT2D eigenvalue weighted by atomic mass is 16.5. The van der Waals surface area contributed by atoms with Gasteiger partial charge in [0.2, 0.25) is 0 Å². The van der Waals surface area contributed by atoms with E-state index in [2.05, 4.69) is 6.58 Å². The molecule has 1 aromatic rings. The summed E-state index contributed by atoms with van der Waals surface area (Å²) in [5.74, 6) is -0.266. The number of carbonyl (C=O) groups is 1. The number of esters is 1. The van der Waals surface area contributed by atoms with E-state index in [1.165, 1.54) is 0 Å². The van der Waals surface area contributed by atoms with Gasteiger partial charge in [-0.2, -0.15) is 0 Å². The van der Waals surface area contributed by atoms with Crippen molar-refractivity contribution in [2.24, 2.45) is 5.92 Å². The molecule has 0 amide bonds. The Morgan fingerprint density at radius 2 is 2.06 bits per heavy atom. The first-order chi connectivity index (χ1) is 8.77. The first-order valence-electron chi connectivity index (χ1n) is 6.27. The second-order valence-electron chi connectivity index (χ2n) is 4.02. The van der Waals surface area contributed by atoms with Crippen molar-refractivity contribution < 1.29 is 9.53 Å². The average molecular weight is 244 g/mol. The van der Waals surface area contributed by atoms with Crippen molar-refractivity contribution in [1.29, 1.82) is 0 Å². The lowest BCUT2D eigenvalue weighted by Crippen LogP contribution is -2.16. The fourth-order valence-corrected chi connectivity index (χ4v) is 1.68. The Balaban J connectivity index is 2.54. The Morgan fingerprint density at radius 3 is 2.67 bits per heavy atom. The van der Waals surface area contributed by atoms with Gasteiger partial charge in [0, 0.05) is 0 Å². The lowest BCUT2D eigenvalue weighted by molar-refractivity contribution is -0.147. The molecule has 2 nitrogen and oxygen atoms in total. The Hall–Kier alpha value is -1.83. The van der Waals surface area contributed by atoms with E-state index in [0.29, 0.717) is 19.4 Å². The van der Waals surface area contributed by atoms with Crippen LogP contribution in [0.2, 0.25) is 0 Å². The minimum Gasteiger partial charge on any atom is -0.466 e. The summed E-state index contributed by atoms with van der Waals surface area (Å²) in [6, 6.07) is 10.0. The molecule has 2 heteroatoms. The Bertz CT molecular complexity index is 393. The van der Waals surface area contributed by atoms with Crippen LogP contribution in [0, 0.1) is 5.92 Å². The summed E-state index contributed by atoms with van der Waals surface area (Å²) in [4.78, 5) is 11.7. The number of benzene rings is 1. The lowest BCUT2D eigenvalue weighted by Gasteiger charge is -2.11. The number of carbonyl (C=O) groups excluding carboxylic acids is 1. The van der Waals surface area contributed by atoms with Crippen LogP contribution in [-0.2, 0) is 9.53 Å². The molecule has 1 aromatic carbocycles. The molecule has 0 aliphatic rings. The summed E-state index contributed by atoms with van der Waals surface area (Å²) in [5.41, 5.74) is 1.14. The third-order valence-corrected chi connectivity index (χ3v) is 2.60. The van der Waals surface area contributed by atoms with E-state index in [1.807, 2.05) is 49.4 Å². The van der Waals surface area contributed by atoms with Crippen molar-refractivity contribution in [3.05, 3.63) is 54.6 Å². The predicted molar refractivity (Wildman–Crippen MR) is 75.0 cm³/mol. The van der Waals surface area contributed by atoms with Crippen LogP contribution in [0.1, 0.15) is 25.3 Å². The van der Waals surface area contributed by atoms with Gasteiger partial charge in [-0.05, 0) is 25.3 Å². The van der Waals surface area contributed by atoms with Crippen LogP contribution in [0.4, 0.5) is 0 Å². The zero-order chi connectivity index (χ0) is 13.2. The quantitative estimate of drug-likeness (QED) is 0.538. The summed E-state index contributed by atoms with van der Waals surface area (Å²) in [6.07, 6.45) is 7.13. The Labute approximate surface area is 109 Å². The van der Waals surface area contributed by atoms with Gasteiger partial charge in [0.25, 0.3) is 0 Å². The van der Waals surface area contributed by atoms with Crippen molar-refractivity contribution >= 4 is 12.0 Å². The molecule has 0 aliphatic carbocycles. The van der Waals surface area contributed by atoms with Crippen LogP contribution in [-0.4, -0.2) is 12.6 Å². The van der Waals surface area contributed by atoms with Gasteiger partial charge >= 0.3 is 5.97 Å². The summed E-state index contributed by atoms with van der Waals surface area (Å²) < 4.78 is 5.04. The monoisotopic (exact) mass is 244 g/mol. The van der Waals surface area contributed by atoms with E-state index in [9.17, 15) is 4.79 Å². The first-order valence-corrected chi connectivity index (χ1v) is 6.27. The molecule has 0 unspecified atom stereocenters. The fourth-order valence-electron chi connectivity index (χ4n) is 1.68. The van der Waals surface area contributed by atoms with Crippen molar-refractivity contribution in [1.82, 2.24) is 0 Å². The minimum atomic E-state index is -0.143. The summed E-state index contributed by atoms with van der Waals surface area (Å²) >= 11 is 0. The molecule has 1 rings (SSSR count). The standard InChI is InChI=1S/C16H20O2/c1-3-9-15(16(17)18-4-2)13-8-12-14-10-6-5-7-11-14/h3,5-8,10-12,15H,1,4,9,13H2,2H3/b12-8+/t15-/m1/s1. The molecule has 0 N–H and O–H groups in total. The van der Waals surface area contributed by atoms with E-state index in [0.717, 1.165) is 5.56 Å². The van der Waals surface area contributed by atoms with Gasteiger partial charge in [-0.15, -0.1) is 6.58 Å². The van der Waals surface area contributed by atoms with Crippen LogP contribution >= 0.6 is 0 Å². The van der Waals surface area contributed by atoms with Crippen LogP contribution in [0.3, 0.4) is 0 Å². The van der Waals surface area contributed by atoms with Crippen molar-refractivity contribution in [3.8, 4) is 0 Å². The van der Waals surface area contributed by atoms with Crippen LogP contribution in [0.15, 0.2) is 49.1 Å². The third-order valence-electron chi connectivity index (χ3n) is 2.60. The van der Waals surface area contributed by atoms with E-state index in [-0.39, 0.29) is 11.9 Å². The van der Waals surface area contributed by atoms with Crippen LogP contribution < -0.4 is 0 Å². The Kier molecular flexibility index (Phi) is 6.55. The highest BCUT2D eigenvalue weighted by Crippen LogP contribution is 2.14. The summed E-state index contributed by atoms with van der Waals surface area (Å²) in [7, 11) is 0. The molecule has 0 bridgehead atoms. The normalized spacial score (nSPS) is 12.3. The molecular formula is C16H20O2. The van der Waals surface area contributed by atoms with Gasteiger partial charge in [-0.1, -0.05) is 48.6 Å². The summed E-state index contributed by atoms with van der Waals surface area (Å²) in [5, 5.41) is 0. The van der Waals surface area contributed by atoms with Gasteiger partial charge in [0.1, 0.15) is 0 Å². The lowest BCUT2D eigenvalue weighted by atomic mass is 10.0. The smallest absolute Gasteiger partial charge is 0.309 e. The fraction of sp³-hybridized carbons (Fsp3) is 0.312. The maximum atomic E-state index is 11.7. The number of hydrogen-bond acceptors (Lipinski definition) is 2. The molecule has 0 heterocycles. The van der Waals surface area contributed by atoms with Crippen LogP contribution in [0.5, 0.6) is 0 Å².